The third-order valence-electron chi connectivity index (χ3n) is 2.09. The molecule has 1 unspecified atom stereocenters. The molecule has 0 amide bonds. The van der Waals surface area contributed by atoms with Crippen molar-refractivity contribution in [3.8, 4) is 0 Å². The number of aromatic amines is 1. The molecule has 86 valence electrons. The van der Waals surface area contributed by atoms with Crippen molar-refractivity contribution in [2.45, 2.75) is 13.0 Å². The van der Waals surface area contributed by atoms with Gasteiger partial charge in [-0.05, 0) is 19.1 Å². The summed E-state index contributed by atoms with van der Waals surface area (Å²) in [7, 11) is 0. The maximum absolute atomic E-state index is 3.88. The fourth-order valence-electron chi connectivity index (χ4n) is 0.904. The number of hydrogen-bond donors (Lipinski definition) is 3. The highest BCUT2D eigenvalue weighted by Gasteiger charge is 2.10. The number of H-pyrrole nitrogens is 1. The molecule has 0 bridgehead atoms. The van der Waals surface area contributed by atoms with Crippen LogP contribution in [0.5, 0.6) is 0 Å². The summed E-state index contributed by atoms with van der Waals surface area (Å²) >= 11 is 0. The van der Waals surface area contributed by atoms with Crippen molar-refractivity contribution in [1.29, 1.82) is 0 Å². The van der Waals surface area contributed by atoms with Crippen LogP contribution in [0.2, 0.25) is 0 Å². The normalized spacial score (nSPS) is 20.2. The zero-order valence-electron chi connectivity index (χ0n) is 9.40. The summed E-state index contributed by atoms with van der Waals surface area (Å²) in [5.41, 5.74) is 1.83. The van der Waals surface area contributed by atoms with Gasteiger partial charge in [0.15, 0.2) is 0 Å². The summed E-state index contributed by atoms with van der Waals surface area (Å²) in [6.07, 6.45) is 0. The second kappa shape index (κ2) is 5.58. The summed E-state index contributed by atoms with van der Waals surface area (Å²) < 4.78 is 0. The smallest absolute Gasteiger partial charge is 0.112 e. The van der Waals surface area contributed by atoms with Gasteiger partial charge in [0.05, 0.1) is 0 Å². The Hall–Kier alpha value is -1.46. The van der Waals surface area contributed by atoms with Gasteiger partial charge in [0, 0.05) is 25.7 Å². The van der Waals surface area contributed by atoms with Gasteiger partial charge < -0.3 is 10.6 Å². The molecule has 0 spiro atoms. The zero-order chi connectivity index (χ0) is 11.2. The van der Waals surface area contributed by atoms with Gasteiger partial charge in [-0.15, -0.1) is 0 Å². The van der Waals surface area contributed by atoms with Crippen LogP contribution in [0, 0.1) is 0 Å². The Bertz CT molecular complexity index is 386. The van der Waals surface area contributed by atoms with Gasteiger partial charge >= 0.3 is 0 Å². The van der Waals surface area contributed by atoms with E-state index in [4.69, 9.17) is 0 Å². The number of nitrogens with one attached hydrogen (secondary N) is 3. The molecule has 4 rings (SSSR count). The van der Waals surface area contributed by atoms with Crippen LogP contribution >= 0.6 is 0 Å². The van der Waals surface area contributed by atoms with Crippen molar-refractivity contribution in [1.82, 2.24) is 26.0 Å². The Morgan fingerprint density at radius 1 is 1.12 bits per heavy atom. The number of rotatable bonds is 0. The van der Waals surface area contributed by atoms with E-state index in [1.807, 2.05) is 24.3 Å². The first-order chi connectivity index (χ1) is 7.86. The summed E-state index contributed by atoms with van der Waals surface area (Å²) in [5.74, 6) is 0. The fraction of sp³-hybridized carbons (Fsp3) is 0.455. The first-order valence-electron chi connectivity index (χ1n) is 5.56. The lowest BCUT2D eigenvalue weighted by Gasteiger charge is -1.78. The highest BCUT2D eigenvalue weighted by atomic mass is 15.3. The van der Waals surface area contributed by atoms with E-state index in [-0.39, 0.29) is 0 Å². The average Bonchev–Trinajstić information content (AvgIpc) is 3.22. The topological polar surface area (TPSA) is 85.5 Å². The summed E-state index contributed by atoms with van der Waals surface area (Å²) in [6, 6.07) is 8.54. The van der Waals surface area contributed by atoms with Crippen LogP contribution in [0.4, 0.5) is 0 Å². The largest absolute Gasteiger partial charge is 0.314 e. The van der Waals surface area contributed by atoms with Crippen LogP contribution in [-0.2, 0) is 0 Å². The second-order valence-corrected chi connectivity index (χ2v) is 3.87. The number of para-hydroxylation sites is 2. The standard InChI is InChI=1S/C6H5N3.C3H7N.C2H5N/c1-2-4-6-5(3-1)7-9-8-6;1-3-2-4-3;1-2-3-1/h1-4H,(H,7,8,9);3-4H,2H2,1H3;3H,1-2H2. The van der Waals surface area contributed by atoms with Crippen molar-refractivity contribution in [3.05, 3.63) is 24.3 Å². The van der Waals surface area contributed by atoms with Crippen molar-refractivity contribution in [2.24, 2.45) is 0 Å². The molecule has 5 nitrogen and oxygen atoms in total. The highest BCUT2D eigenvalue weighted by Crippen LogP contribution is 2.03. The lowest BCUT2D eigenvalue weighted by atomic mass is 10.3. The van der Waals surface area contributed by atoms with Crippen LogP contribution in [0.15, 0.2) is 24.3 Å². The zero-order valence-corrected chi connectivity index (χ0v) is 9.40. The fourth-order valence-corrected chi connectivity index (χ4v) is 0.904. The molecule has 2 fully saturated rings. The monoisotopic (exact) mass is 219 g/mol. The molecule has 0 saturated carbocycles. The Balaban J connectivity index is 0.000000113. The molecule has 2 aliphatic rings. The molecule has 2 saturated heterocycles. The molecule has 1 aromatic heterocycles. The van der Waals surface area contributed by atoms with Gasteiger partial charge in [0.2, 0.25) is 0 Å². The molecule has 0 aliphatic carbocycles. The maximum Gasteiger partial charge on any atom is 0.112 e. The Morgan fingerprint density at radius 3 is 1.88 bits per heavy atom. The molecule has 16 heavy (non-hydrogen) atoms. The minimum absolute atomic E-state index is 0.833. The van der Waals surface area contributed by atoms with Crippen molar-refractivity contribution in [3.63, 3.8) is 0 Å². The van der Waals surface area contributed by atoms with Crippen LogP contribution in [-0.4, -0.2) is 41.1 Å². The predicted molar refractivity (Wildman–Crippen MR) is 64.2 cm³/mol. The van der Waals surface area contributed by atoms with Crippen LogP contribution in [0.25, 0.3) is 11.0 Å². The quantitative estimate of drug-likeness (QED) is 0.564. The molecule has 1 atom stereocenters. The van der Waals surface area contributed by atoms with E-state index < -0.39 is 0 Å². The molecule has 2 aliphatic heterocycles. The van der Waals surface area contributed by atoms with Crippen LogP contribution < -0.4 is 10.6 Å². The van der Waals surface area contributed by atoms with Gasteiger partial charge in [0.25, 0.3) is 0 Å². The van der Waals surface area contributed by atoms with E-state index in [0.717, 1.165) is 17.1 Å². The molecule has 2 aromatic rings. The van der Waals surface area contributed by atoms with Crippen molar-refractivity contribution in [2.75, 3.05) is 19.6 Å². The van der Waals surface area contributed by atoms with Gasteiger partial charge in [-0.3, -0.25) is 0 Å². The predicted octanol–water partition coefficient (Wildman–Crippen LogP) is 0.526. The summed E-state index contributed by atoms with van der Waals surface area (Å²) in [5, 5.41) is 16.4. The number of benzene rings is 1. The molecular weight excluding hydrogens is 202 g/mol. The molecule has 0 radical (unpaired) electrons. The number of hydrogen-bond acceptors (Lipinski definition) is 4. The molecule has 5 heteroatoms. The number of fused-ring (bicyclic) bond motifs is 1. The third-order valence-corrected chi connectivity index (χ3v) is 2.09. The summed E-state index contributed by atoms with van der Waals surface area (Å²) in [6.45, 7) is 5.90. The summed E-state index contributed by atoms with van der Waals surface area (Å²) in [4.78, 5) is 0. The minimum atomic E-state index is 0.833. The van der Waals surface area contributed by atoms with Crippen LogP contribution in [0.3, 0.4) is 0 Å². The van der Waals surface area contributed by atoms with Gasteiger partial charge in [-0.2, -0.15) is 15.4 Å². The first-order valence-corrected chi connectivity index (χ1v) is 5.56. The van der Waals surface area contributed by atoms with E-state index in [0.29, 0.717) is 0 Å². The lowest BCUT2D eigenvalue weighted by Crippen LogP contribution is -1.72. The van der Waals surface area contributed by atoms with Crippen molar-refractivity contribution < 1.29 is 0 Å². The van der Waals surface area contributed by atoms with E-state index in [1.54, 1.807) is 0 Å². The van der Waals surface area contributed by atoms with E-state index in [2.05, 4.69) is 33.0 Å². The Kier molecular flexibility index (Phi) is 3.85. The number of nitrogens with zero attached hydrogens (tertiary/aromatic N) is 2. The number of aromatic nitrogens is 3. The molecule has 3 N–H and O–H groups in total. The lowest BCUT2D eigenvalue weighted by molar-refractivity contribution is 0.959. The van der Waals surface area contributed by atoms with Gasteiger partial charge in [0.1, 0.15) is 11.0 Å². The van der Waals surface area contributed by atoms with E-state index in [9.17, 15) is 0 Å². The highest BCUT2D eigenvalue weighted by molar-refractivity contribution is 5.72. The van der Waals surface area contributed by atoms with Crippen molar-refractivity contribution >= 4 is 11.0 Å². The third kappa shape index (κ3) is 4.37. The minimum Gasteiger partial charge on any atom is -0.314 e. The Morgan fingerprint density at radius 2 is 1.56 bits per heavy atom. The SMILES string of the molecule is C1CN1.CC1CN1.c1ccc2n[nH]nc2c1. The second-order valence-electron chi connectivity index (χ2n) is 3.87. The maximum atomic E-state index is 3.88. The van der Waals surface area contributed by atoms with E-state index in [1.165, 1.54) is 19.6 Å². The molecule has 1 aromatic carbocycles. The molecular formula is C11H17N5. The average molecular weight is 219 g/mol. The Labute approximate surface area is 94.6 Å². The van der Waals surface area contributed by atoms with Gasteiger partial charge in [-0.1, -0.05) is 12.1 Å². The van der Waals surface area contributed by atoms with Crippen LogP contribution in [0.1, 0.15) is 6.92 Å². The van der Waals surface area contributed by atoms with Gasteiger partial charge in [-0.25, -0.2) is 0 Å². The van der Waals surface area contributed by atoms with E-state index >= 15 is 0 Å². The first kappa shape index (κ1) is 11.0. The molecule has 3 heterocycles.